The molecule has 0 radical (unpaired) electrons. The Morgan fingerprint density at radius 3 is 2.04 bits per heavy atom. The van der Waals surface area contributed by atoms with E-state index in [2.05, 4.69) is 33.0 Å². The van der Waals surface area contributed by atoms with Gasteiger partial charge in [0.15, 0.2) is 0 Å². The van der Waals surface area contributed by atoms with Gasteiger partial charge >= 0.3 is 0 Å². The molecule has 0 fully saturated rings. The summed E-state index contributed by atoms with van der Waals surface area (Å²) in [4.78, 5) is 4.60. The first-order chi connectivity index (χ1) is 13.7. The molecule has 4 nitrogen and oxygen atoms in total. The maximum absolute atomic E-state index is 6.18. The predicted molar refractivity (Wildman–Crippen MR) is 118 cm³/mol. The summed E-state index contributed by atoms with van der Waals surface area (Å²) in [6.07, 6.45) is 1.59. The molecule has 0 saturated heterocycles. The van der Waals surface area contributed by atoms with E-state index >= 15 is 0 Å². The molecule has 3 rings (SSSR count). The second kappa shape index (κ2) is 10.5. The highest BCUT2D eigenvalue weighted by Crippen LogP contribution is 2.21. The van der Waals surface area contributed by atoms with Crippen molar-refractivity contribution in [3.05, 3.63) is 106 Å². The van der Waals surface area contributed by atoms with Crippen LogP contribution in [0, 0.1) is 0 Å². The molecule has 0 heterocycles. The molecule has 3 aromatic rings. The number of nitrogens with one attached hydrogen (secondary N) is 2. The van der Waals surface area contributed by atoms with Gasteiger partial charge in [-0.1, -0.05) is 89.9 Å². The number of hydrogen-bond donors (Lipinski definition) is 2. The number of halogens is 2. The summed E-state index contributed by atoms with van der Waals surface area (Å²) in [7, 11) is 0. The summed E-state index contributed by atoms with van der Waals surface area (Å²) in [6, 6.07) is 25.5. The molecule has 0 aliphatic carbocycles. The van der Waals surface area contributed by atoms with Gasteiger partial charge in [0.05, 0.1) is 22.8 Å². The molecule has 2 N–H and O–H groups in total. The number of hydrogen-bond acceptors (Lipinski definition) is 2. The second-order valence-corrected chi connectivity index (χ2v) is 6.81. The van der Waals surface area contributed by atoms with Crippen molar-refractivity contribution in [1.82, 2.24) is 10.7 Å². The lowest BCUT2D eigenvalue weighted by Gasteiger charge is -2.10. The molecule has 0 aliphatic rings. The average molecular weight is 411 g/mol. The summed E-state index contributed by atoms with van der Waals surface area (Å²) in [5.74, 6) is 0.562. The van der Waals surface area contributed by atoms with Gasteiger partial charge in [-0.3, -0.25) is 0 Å². The van der Waals surface area contributed by atoms with Gasteiger partial charge in [-0.2, -0.15) is 5.10 Å². The van der Waals surface area contributed by atoms with Crippen LogP contribution >= 0.6 is 23.2 Å². The molecule has 142 valence electrons. The molecule has 0 bridgehead atoms. The Balaban J connectivity index is 1.70. The average Bonchev–Trinajstić information content (AvgIpc) is 2.73. The Bertz CT molecular complexity index is 921. The number of rotatable bonds is 6. The van der Waals surface area contributed by atoms with E-state index in [9.17, 15) is 0 Å². The smallest absolute Gasteiger partial charge is 0.212 e. The van der Waals surface area contributed by atoms with Crippen molar-refractivity contribution >= 4 is 35.4 Å². The van der Waals surface area contributed by atoms with Gasteiger partial charge in [0.2, 0.25) is 5.96 Å². The van der Waals surface area contributed by atoms with Gasteiger partial charge in [-0.05, 0) is 23.3 Å². The normalized spacial score (nSPS) is 11.6. The summed E-state index contributed by atoms with van der Waals surface area (Å²) >= 11 is 12.4. The van der Waals surface area contributed by atoms with Crippen LogP contribution in [0.1, 0.15) is 16.7 Å². The van der Waals surface area contributed by atoms with E-state index in [0.29, 0.717) is 34.7 Å². The van der Waals surface area contributed by atoms with Crippen LogP contribution in [0.5, 0.6) is 0 Å². The van der Waals surface area contributed by atoms with Crippen LogP contribution in [0.25, 0.3) is 0 Å². The zero-order valence-corrected chi connectivity index (χ0v) is 16.7. The van der Waals surface area contributed by atoms with Crippen LogP contribution in [0.3, 0.4) is 0 Å². The Labute approximate surface area is 174 Å². The number of nitrogens with zero attached hydrogens (tertiary/aromatic N) is 2. The van der Waals surface area contributed by atoms with Gasteiger partial charge in [0, 0.05) is 12.1 Å². The van der Waals surface area contributed by atoms with Crippen LogP contribution in [-0.2, 0) is 13.1 Å². The van der Waals surface area contributed by atoms with Gasteiger partial charge in [-0.25, -0.2) is 10.4 Å². The molecular formula is C22H20Cl2N4. The second-order valence-electron chi connectivity index (χ2n) is 5.99. The van der Waals surface area contributed by atoms with E-state index in [4.69, 9.17) is 23.2 Å². The Morgan fingerprint density at radius 2 is 1.39 bits per heavy atom. The van der Waals surface area contributed by atoms with Crippen LogP contribution < -0.4 is 10.7 Å². The molecule has 6 heteroatoms. The predicted octanol–water partition coefficient (Wildman–Crippen LogP) is 5.26. The monoisotopic (exact) mass is 410 g/mol. The third-order valence-electron chi connectivity index (χ3n) is 3.93. The zero-order chi connectivity index (χ0) is 19.6. The van der Waals surface area contributed by atoms with E-state index in [1.54, 1.807) is 24.4 Å². The minimum Gasteiger partial charge on any atom is -0.351 e. The lowest BCUT2D eigenvalue weighted by atomic mass is 10.2. The van der Waals surface area contributed by atoms with Crippen LogP contribution in [-0.4, -0.2) is 12.2 Å². The fourth-order valence-corrected chi connectivity index (χ4v) is 2.95. The molecule has 0 spiro atoms. The molecule has 0 aliphatic heterocycles. The van der Waals surface area contributed by atoms with Crippen molar-refractivity contribution in [2.75, 3.05) is 0 Å². The topological polar surface area (TPSA) is 48.8 Å². The molecule has 28 heavy (non-hydrogen) atoms. The van der Waals surface area contributed by atoms with E-state index in [1.807, 2.05) is 48.5 Å². The molecule has 0 aromatic heterocycles. The van der Waals surface area contributed by atoms with E-state index in [-0.39, 0.29) is 0 Å². The maximum atomic E-state index is 6.18. The molecule has 0 saturated carbocycles. The summed E-state index contributed by atoms with van der Waals surface area (Å²) in [5.41, 5.74) is 5.87. The lowest BCUT2D eigenvalue weighted by molar-refractivity contribution is 0.828. The fraction of sp³-hybridized carbons (Fsp3) is 0.0909. The number of aliphatic imine (C=N–C) groups is 1. The van der Waals surface area contributed by atoms with Crippen molar-refractivity contribution < 1.29 is 0 Å². The van der Waals surface area contributed by atoms with Crippen molar-refractivity contribution in [2.45, 2.75) is 13.1 Å². The fourth-order valence-electron chi connectivity index (χ4n) is 2.46. The first-order valence-electron chi connectivity index (χ1n) is 8.81. The van der Waals surface area contributed by atoms with Crippen molar-refractivity contribution in [3.63, 3.8) is 0 Å². The SMILES string of the molecule is Clc1cccc(Cl)c1C=NNC(=NCc1ccccc1)NCc1ccccc1. The number of hydrazone groups is 1. The van der Waals surface area contributed by atoms with Gasteiger partial charge < -0.3 is 5.32 Å². The molecule has 3 aromatic carbocycles. The summed E-state index contributed by atoms with van der Waals surface area (Å²) < 4.78 is 0. The zero-order valence-electron chi connectivity index (χ0n) is 15.1. The Kier molecular flexibility index (Phi) is 7.47. The van der Waals surface area contributed by atoms with Crippen molar-refractivity contribution in [3.8, 4) is 0 Å². The quantitative estimate of drug-likeness (QED) is 0.330. The third kappa shape index (κ3) is 6.12. The van der Waals surface area contributed by atoms with Gasteiger partial charge in [0.25, 0.3) is 0 Å². The van der Waals surface area contributed by atoms with Crippen LogP contribution in [0.2, 0.25) is 10.0 Å². The standard InChI is InChI=1S/C22H20Cl2N4/c23-20-12-7-13-21(24)19(20)16-27-28-22(25-14-17-8-3-1-4-9-17)26-15-18-10-5-2-6-11-18/h1-13,16H,14-15H2,(H2,25,26,28). The molecule has 0 unspecified atom stereocenters. The first-order valence-corrected chi connectivity index (χ1v) is 9.57. The van der Waals surface area contributed by atoms with Crippen molar-refractivity contribution in [1.29, 1.82) is 0 Å². The van der Waals surface area contributed by atoms with E-state index in [1.165, 1.54) is 0 Å². The van der Waals surface area contributed by atoms with Gasteiger partial charge in [0.1, 0.15) is 0 Å². The minimum atomic E-state index is 0.535. The van der Waals surface area contributed by atoms with E-state index < -0.39 is 0 Å². The summed E-state index contributed by atoms with van der Waals surface area (Å²) in [6.45, 7) is 1.16. The van der Waals surface area contributed by atoms with Crippen molar-refractivity contribution in [2.24, 2.45) is 10.1 Å². The summed E-state index contributed by atoms with van der Waals surface area (Å²) in [5, 5.41) is 8.61. The van der Waals surface area contributed by atoms with E-state index in [0.717, 1.165) is 11.1 Å². The highest BCUT2D eigenvalue weighted by molar-refractivity contribution is 6.38. The Morgan fingerprint density at radius 1 is 0.786 bits per heavy atom. The van der Waals surface area contributed by atoms with Crippen LogP contribution in [0.15, 0.2) is 89.0 Å². The third-order valence-corrected chi connectivity index (χ3v) is 4.59. The molecule has 0 atom stereocenters. The number of guanidine groups is 1. The number of benzene rings is 3. The molecule has 0 amide bonds. The first kappa shape index (κ1) is 19.9. The highest BCUT2D eigenvalue weighted by Gasteiger charge is 2.03. The maximum Gasteiger partial charge on any atom is 0.212 e. The minimum absolute atomic E-state index is 0.535. The Hall–Kier alpha value is -2.82. The highest BCUT2D eigenvalue weighted by atomic mass is 35.5. The largest absolute Gasteiger partial charge is 0.351 e. The lowest BCUT2D eigenvalue weighted by Crippen LogP contribution is -2.34. The molecular weight excluding hydrogens is 391 g/mol. The van der Waals surface area contributed by atoms with Crippen LogP contribution in [0.4, 0.5) is 0 Å². The van der Waals surface area contributed by atoms with Gasteiger partial charge in [-0.15, -0.1) is 0 Å².